The third-order valence-corrected chi connectivity index (χ3v) is 3.98. The lowest BCUT2D eigenvalue weighted by molar-refractivity contribution is -0.114. The van der Waals surface area contributed by atoms with E-state index in [9.17, 15) is 9.59 Å². The second-order valence-electron chi connectivity index (χ2n) is 5.41. The molecule has 1 N–H and O–H groups in total. The molecule has 2 aromatic carbocycles. The fourth-order valence-electron chi connectivity index (χ4n) is 2.75. The molecule has 0 aliphatic carbocycles. The van der Waals surface area contributed by atoms with Crippen LogP contribution in [-0.2, 0) is 4.79 Å². The van der Waals surface area contributed by atoms with Crippen LogP contribution in [0.25, 0.3) is 27.7 Å². The average Bonchev–Trinajstić information content (AvgIpc) is 2.59. The van der Waals surface area contributed by atoms with E-state index in [1.807, 2.05) is 42.5 Å². The molecule has 4 rings (SSSR count). The fourth-order valence-corrected chi connectivity index (χ4v) is 2.75. The summed E-state index contributed by atoms with van der Waals surface area (Å²) >= 11 is 0. The van der Waals surface area contributed by atoms with Gasteiger partial charge < -0.3 is 0 Å². The first kappa shape index (κ1) is 13.4. The largest absolute Gasteiger partial charge is 0.288 e. The van der Waals surface area contributed by atoms with Gasteiger partial charge >= 0.3 is 0 Å². The van der Waals surface area contributed by atoms with Gasteiger partial charge in [0.25, 0.3) is 11.8 Å². The molecule has 4 heteroatoms. The molecule has 2 amide bonds. The van der Waals surface area contributed by atoms with E-state index in [0.29, 0.717) is 16.7 Å². The summed E-state index contributed by atoms with van der Waals surface area (Å²) in [6.45, 7) is 3.73. The number of benzene rings is 2. The fraction of sp³-hybridized carbons (Fsp3) is 0. The number of fused-ring (bicyclic) bond motifs is 2. The third-order valence-electron chi connectivity index (χ3n) is 3.98. The summed E-state index contributed by atoms with van der Waals surface area (Å²) in [5.74, 6) is -0.848. The number of aromatic nitrogens is 1. The molecule has 0 unspecified atom stereocenters. The van der Waals surface area contributed by atoms with Gasteiger partial charge in [0.2, 0.25) is 0 Å². The molecule has 0 spiro atoms. The Bertz CT molecular complexity index is 1010. The minimum absolute atomic E-state index is 0.303. The lowest BCUT2D eigenvalue weighted by Gasteiger charge is -2.18. The number of imide groups is 1. The molecule has 1 aliphatic heterocycles. The van der Waals surface area contributed by atoms with Crippen molar-refractivity contribution in [3.8, 4) is 11.3 Å². The highest BCUT2D eigenvalue weighted by molar-refractivity contribution is 6.30. The van der Waals surface area contributed by atoms with Crippen molar-refractivity contribution in [2.45, 2.75) is 0 Å². The Morgan fingerprint density at radius 2 is 1.70 bits per heavy atom. The summed E-state index contributed by atoms with van der Waals surface area (Å²) in [5, 5.41) is 3.36. The molecule has 0 bridgehead atoms. The van der Waals surface area contributed by atoms with Gasteiger partial charge in [-0.3, -0.25) is 14.9 Å². The van der Waals surface area contributed by atoms with Crippen molar-refractivity contribution in [3.05, 3.63) is 72.3 Å². The van der Waals surface area contributed by atoms with Gasteiger partial charge in [-0.25, -0.2) is 4.98 Å². The molecule has 2 heterocycles. The summed E-state index contributed by atoms with van der Waals surface area (Å²) in [6.07, 6.45) is 0. The summed E-state index contributed by atoms with van der Waals surface area (Å²) in [7, 11) is 0. The van der Waals surface area contributed by atoms with Crippen LogP contribution in [0.5, 0.6) is 0 Å². The van der Waals surface area contributed by atoms with Gasteiger partial charge in [-0.1, -0.05) is 43.0 Å². The number of carbonyl (C=O) groups excluding carboxylic acids is 2. The molecular formula is C19H12N2O2. The zero-order valence-electron chi connectivity index (χ0n) is 12.2. The van der Waals surface area contributed by atoms with Crippen LogP contribution in [-0.4, -0.2) is 16.8 Å². The Balaban J connectivity index is 1.86. The Labute approximate surface area is 132 Å². The first-order valence-corrected chi connectivity index (χ1v) is 7.19. The van der Waals surface area contributed by atoms with Gasteiger partial charge in [-0.05, 0) is 23.8 Å². The molecular weight excluding hydrogens is 288 g/mol. The van der Waals surface area contributed by atoms with Crippen LogP contribution in [0.4, 0.5) is 0 Å². The highest BCUT2D eigenvalue weighted by atomic mass is 16.2. The Kier molecular flexibility index (Phi) is 2.84. The maximum absolute atomic E-state index is 12.0. The standard InChI is InChI=1S/C19H12N2O2/c1-11-14-8-6-13(10-15(14)19(23)21-18(11)22)17-9-7-12-4-2-3-5-16(12)20-17/h2-10H,1H2,(H,21,22,23). The minimum atomic E-state index is -0.445. The Hall–Kier alpha value is -3.27. The number of hydrogen-bond acceptors (Lipinski definition) is 3. The van der Waals surface area contributed by atoms with Crippen LogP contribution in [0.15, 0.2) is 61.2 Å². The number of carbonyl (C=O) groups is 2. The number of amides is 2. The number of nitrogens with one attached hydrogen (secondary N) is 1. The molecule has 0 saturated carbocycles. The predicted octanol–water partition coefficient (Wildman–Crippen LogP) is 3.19. The minimum Gasteiger partial charge on any atom is -0.288 e. The molecule has 23 heavy (non-hydrogen) atoms. The van der Waals surface area contributed by atoms with Gasteiger partial charge in [-0.15, -0.1) is 0 Å². The Morgan fingerprint density at radius 3 is 2.57 bits per heavy atom. The molecule has 0 radical (unpaired) electrons. The van der Waals surface area contributed by atoms with Crippen LogP contribution in [0, 0.1) is 0 Å². The lowest BCUT2D eigenvalue weighted by Crippen LogP contribution is -2.36. The average molecular weight is 300 g/mol. The van der Waals surface area contributed by atoms with Crippen molar-refractivity contribution in [2.75, 3.05) is 0 Å². The van der Waals surface area contributed by atoms with E-state index >= 15 is 0 Å². The normalized spacial score (nSPS) is 13.8. The smallest absolute Gasteiger partial charge is 0.258 e. The summed E-state index contributed by atoms with van der Waals surface area (Å²) in [6, 6.07) is 17.1. The van der Waals surface area contributed by atoms with E-state index in [-0.39, 0.29) is 0 Å². The van der Waals surface area contributed by atoms with Crippen molar-refractivity contribution >= 4 is 28.3 Å². The van der Waals surface area contributed by atoms with Crippen LogP contribution < -0.4 is 5.32 Å². The van der Waals surface area contributed by atoms with Crippen molar-refractivity contribution < 1.29 is 9.59 Å². The molecule has 1 aromatic heterocycles. The molecule has 0 saturated heterocycles. The van der Waals surface area contributed by atoms with E-state index < -0.39 is 11.8 Å². The van der Waals surface area contributed by atoms with Crippen LogP contribution >= 0.6 is 0 Å². The maximum Gasteiger partial charge on any atom is 0.258 e. The van der Waals surface area contributed by atoms with Crippen LogP contribution in [0.3, 0.4) is 0 Å². The third kappa shape index (κ3) is 2.12. The van der Waals surface area contributed by atoms with Crippen molar-refractivity contribution in [1.29, 1.82) is 0 Å². The second-order valence-corrected chi connectivity index (χ2v) is 5.41. The molecule has 3 aromatic rings. The van der Waals surface area contributed by atoms with Crippen molar-refractivity contribution in [3.63, 3.8) is 0 Å². The summed E-state index contributed by atoms with van der Waals surface area (Å²) < 4.78 is 0. The number of rotatable bonds is 1. The zero-order valence-corrected chi connectivity index (χ0v) is 12.2. The van der Waals surface area contributed by atoms with Crippen molar-refractivity contribution in [2.24, 2.45) is 0 Å². The molecule has 0 fully saturated rings. The van der Waals surface area contributed by atoms with Gasteiger partial charge in [0, 0.05) is 22.1 Å². The first-order chi connectivity index (χ1) is 11.1. The van der Waals surface area contributed by atoms with Gasteiger partial charge in [0.05, 0.1) is 11.2 Å². The highest BCUT2D eigenvalue weighted by Crippen LogP contribution is 2.28. The number of pyridine rings is 1. The van der Waals surface area contributed by atoms with E-state index in [1.165, 1.54) is 0 Å². The van der Waals surface area contributed by atoms with E-state index in [1.54, 1.807) is 12.1 Å². The topological polar surface area (TPSA) is 59.1 Å². The maximum atomic E-state index is 12.0. The monoisotopic (exact) mass is 300 g/mol. The zero-order chi connectivity index (χ0) is 16.0. The van der Waals surface area contributed by atoms with Crippen LogP contribution in [0.1, 0.15) is 15.9 Å². The SMILES string of the molecule is C=C1C(=O)NC(=O)c2cc(-c3ccc4ccccc4n3)ccc21. The number of hydrogen-bond donors (Lipinski definition) is 1. The predicted molar refractivity (Wildman–Crippen MR) is 88.7 cm³/mol. The lowest BCUT2D eigenvalue weighted by atomic mass is 9.93. The van der Waals surface area contributed by atoms with Gasteiger partial charge in [-0.2, -0.15) is 0 Å². The van der Waals surface area contributed by atoms with E-state index in [4.69, 9.17) is 0 Å². The number of para-hydroxylation sites is 1. The molecule has 1 aliphatic rings. The quantitative estimate of drug-likeness (QED) is 0.554. The molecule has 4 nitrogen and oxygen atoms in total. The highest BCUT2D eigenvalue weighted by Gasteiger charge is 2.26. The Morgan fingerprint density at radius 1 is 0.870 bits per heavy atom. The summed E-state index contributed by atoms with van der Waals surface area (Å²) in [4.78, 5) is 28.3. The van der Waals surface area contributed by atoms with E-state index in [2.05, 4.69) is 16.9 Å². The molecule has 110 valence electrons. The van der Waals surface area contributed by atoms with Gasteiger partial charge in [0.15, 0.2) is 0 Å². The van der Waals surface area contributed by atoms with Gasteiger partial charge in [0.1, 0.15) is 0 Å². The second kappa shape index (κ2) is 4.88. The first-order valence-electron chi connectivity index (χ1n) is 7.19. The van der Waals surface area contributed by atoms with Crippen LogP contribution in [0.2, 0.25) is 0 Å². The molecule has 0 atom stereocenters. The number of nitrogens with zero attached hydrogens (tertiary/aromatic N) is 1. The van der Waals surface area contributed by atoms with Crippen molar-refractivity contribution in [1.82, 2.24) is 10.3 Å². The van der Waals surface area contributed by atoms with E-state index in [0.717, 1.165) is 22.2 Å². The summed E-state index contributed by atoms with van der Waals surface area (Å²) in [5.41, 5.74) is 3.82.